The summed E-state index contributed by atoms with van der Waals surface area (Å²) in [7, 11) is 0. The second-order valence-corrected chi connectivity index (χ2v) is 6.18. The molecule has 21 heavy (non-hydrogen) atoms. The lowest BCUT2D eigenvalue weighted by atomic mass is 9.85. The van der Waals surface area contributed by atoms with Crippen molar-refractivity contribution in [2.75, 3.05) is 0 Å². The van der Waals surface area contributed by atoms with E-state index in [1.807, 2.05) is 45.0 Å². The molecule has 0 radical (unpaired) electrons. The number of aryl methyl sites for hydroxylation is 2. The number of carbonyl (C=O) groups is 2. The molecular weight excluding hydrogens is 266 g/mol. The van der Waals surface area contributed by atoms with Crippen molar-refractivity contribution in [3.63, 3.8) is 0 Å². The van der Waals surface area contributed by atoms with E-state index in [1.165, 1.54) is 5.56 Å². The zero-order valence-electron chi connectivity index (χ0n) is 13.3. The minimum Gasteiger partial charge on any atom is -0.481 e. The fourth-order valence-electron chi connectivity index (χ4n) is 2.10. The molecule has 0 aromatic heterocycles. The number of benzene rings is 1. The van der Waals surface area contributed by atoms with Gasteiger partial charge in [0.2, 0.25) is 5.91 Å². The van der Waals surface area contributed by atoms with Gasteiger partial charge in [0.05, 0.1) is 6.42 Å². The predicted octanol–water partition coefficient (Wildman–Crippen LogP) is 2.93. The first-order valence-electron chi connectivity index (χ1n) is 7.31. The molecule has 1 aromatic rings. The van der Waals surface area contributed by atoms with Gasteiger partial charge in [0.1, 0.15) is 0 Å². The lowest BCUT2D eigenvalue weighted by Crippen LogP contribution is -2.51. The van der Waals surface area contributed by atoms with Gasteiger partial charge in [-0.05, 0) is 31.7 Å². The summed E-state index contributed by atoms with van der Waals surface area (Å²) in [6, 6.07) is 8.08. The van der Waals surface area contributed by atoms with Gasteiger partial charge >= 0.3 is 5.97 Å². The molecule has 0 aliphatic heterocycles. The van der Waals surface area contributed by atoms with Crippen LogP contribution in [0.2, 0.25) is 0 Å². The van der Waals surface area contributed by atoms with Gasteiger partial charge in [-0.15, -0.1) is 0 Å². The van der Waals surface area contributed by atoms with Gasteiger partial charge in [-0.25, -0.2) is 0 Å². The van der Waals surface area contributed by atoms with Crippen LogP contribution in [-0.4, -0.2) is 22.5 Å². The second kappa shape index (κ2) is 7.25. The molecule has 0 aliphatic rings. The molecule has 1 atom stereocenters. The summed E-state index contributed by atoms with van der Waals surface area (Å²) in [5.74, 6) is -0.949. The maximum absolute atomic E-state index is 12.1. The molecular formula is C17H25NO3. The number of carboxylic acid groups (broad SMARTS) is 1. The summed E-state index contributed by atoms with van der Waals surface area (Å²) in [6.07, 6.45) is 0.958. The Hall–Kier alpha value is -1.84. The fourth-order valence-corrected chi connectivity index (χ4v) is 2.10. The average molecular weight is 291 g/mol. The van der Waals surface area contributed by atoms with Crippen LogP contribution >= 0.6 is 0 Å². The summed E-state index contributed by atoms with van der Waals surface area (Å²) in [6.45, 7) is 7.65. The summed E-state index contributed by atoms with van der Waals surface area (Å²) >= 11 is 0. The van der Waals surface area contributed by atoms with Crippen LogP contribution in [-0.2, 0) is 16.0 Å². The molecule has 1 aromatic carbocycles. The third-order valence-electron chi connectivity index (χ3n) is 3.98. The summed E-state index contributed by atoms with van der Waals surface area (Å²) in [5, 5.41) is 11.9. The van der Waals surface area contributed by atoms with Gasteiger partial charge in [-0.1, -0.05) is 43.7 Å². The molecule has 1 amide bonds. The number of amides is 1. The average Bonchev–Trinajstić information content (AvgIpc) is 2.36. The van der Waals surface area contributed by atoms with Crippen molar-refractivity contribution in [2.45, 2.75) is 52.5 Å². The Kier molecular flexibility index (Phi) is 5.94. The number of carboxylic acids is 1. The highest BCUT2D eigenvalue weighted by Crippen LogP contribution is 2.21. The molecule has 116 valence electrons. The van der Waals surface area contributed by atoms with Crippen molar-refractivity contribution < 1.29 is 14.7 Å². The molecule has 2 N–H and O–H groups in total. The standard InChI is InChI=1S/C17H25NO3/c1-12(2)17(4,11-16(20)21)18-15(19)10-9-14-7-5-13(3)6-8-14/h5-8,12H,9-11H2,1-4H3,(H,18,19)(H,20,21). The number of nitrogens with one attached hydrogen (secondary N) is 1. The van der Waals surface area contributed by atoms with Crippen molar-refractivity contribution in [3.8, 4) is 0 Å². The van der Waals surface area contributed by atoms with E-state index in [1.54, 1.807) is 6.92 Å². The molecule has 0 saturated carbocycles. The fraction of sp³-hybridized carbons (Fsp3) is 0.529. The summed E-state index contributed by atoms with van der Waals surface area (Å²) in [4.78, 5) is 23.0. The molecule has 1 unspecified atom stereocenters. The van der Waals surface area contributed by atoms with Crippen molar-refractivity contribution in [2.24, 2.45) is 5.92 Å². The zero-order chi connectivity index (χ0) is 16.0. The van der Waals surface area contributed by atoms with Crippen molar-refractivity contribution in [1.82, 2.24) is 5.32 Å². The van der Waals surface area contributed by atoms with E-state index < -0.39 is 11.5 Å². The van der Waals surface area contributed by atoms with Crippen molar-refractivity contribution in [1.29, 1.82) is 0 Å². The first-order chi connectivity index (χ1) is 9.73. The smallest absolute Gasteiger partial charge is 0.305 e. The molecule has 0 saturated heterocycles. The zero-order valence-corrected chi connectivity index (χ0v) is 13.3. The van der Waals surface area contributed by atoms with Crippen LogP contribution in [0.25, 0.3) is 0 Å². The maximum atomic E-state index is 12.1. The highest BCUT2D eigenvalue weighted by atomic mass is 16.4. The number of carbonyl (C=O) groups excluding carboxylic acids is 1. The first-order valence-corrected chi connectivity index (χ1v) is 7.31. The Morgan fingerprint density at radius 1 is 1.24 bits per heavy atom. The molecule has 0 heterocycles. The topological polar surface area (TPSA) is 66.4 Å². The van der Waals surface area contributed by atoms with Crippen LogP contribution in [0.5, 0.6) is 0 Å². The molecule has 0 spiro atoms. The third-order valence-corrected chi connectivity index (χ3v) is 3.98. The lowest BCUT2D eigenvalue weighted by molar-refractivity contribution is -0.139. The van der Waals surface area contributed by atoms with Crippen molar-refractivity contribution in [3.05, 3.63) is 35.4 Å². The van der Waals surface area contributed by atoms with Crippen LogP contribution in [0.4, 0.5) is 0 Å². The van der Waals surface area contributed by atoms with E-state index in [9.17, 15) is 9.59 Å². The Morgan fingerprint density at radius 3 is 2.29 bits per heavy atom. The SMILES string of the molecule is Cc1ccc(CCC(=O)NC(C)(CC(=O)O)C(C)C)cc1. The lowest BCUT2D eigenvalue weighted by Gasteiger charge is -2.33. The molecule has 0 fully saturated rings. The summed E-state index contributed by atoms with van der Waals surface area (Å²) < 4.78 is 0. The molecule has 4 heteroatoms. The monoisotopic (exact) mass is 291 g/mol. The normalized spacial score (nSPS) is 13.8. The Morgan fingerprint density at radius 2 is 1.81 bits per heavy atom. The van der Waals surface area contributed by atoms with Gasteiger partial charge < -0.3 is 10.4 Å². The predicted molar refractivity (Wildman–Crippen MR) is 83.1 cm³/mol. The van der Waals surface area contributed by atoms with Crippen LogP contribution in [0.1, 0.15) is 44.7 Å². The van der Waals surface area contributed by atoms with Crippen LogP contribution < -0.4 is 5.32 Å². The first kappa shape index (κ1) is 17.2. The molecule has 0 bridgehead atoms. The van der Waals surface area contributed by atoms with Gasteiger partial charge in [-0.2, -0.15) is 0 Å². The van der Waals surface area contributed by atoms with E-state index >= 15 is 0 Å². The minimum absolute atomic E-state index is 0.0527. The molecule has 1 rings (SSSR count). The van der Waals surface area contributed by atoms with E-state index in [4.69, 9.17) is 5.11 Å². The van der Waals surface area contributed by atoms with Gasteiger partial charge in [0, 0.05) is 12.0 Å². The molecule has 4 nitrogen and oxygen atoms in total. The van der Waals surface area contributed by atoms with Gasteiger partial charge in [-0.3, -0.25) is 9.59 Å². The maximum Gasteiger partial charge on any atom is 0.305 e. The number of aliphatic carboxylic acids is 1. The van der Waals surface area contributed by atoms with Crippen molar-refractivity contribution >= 4 is 11.9 Å². The van der Waals surface area contributed by atoms with E-state index in [-0.39, 0.29) is 18.2 Å². The Balaban J connectivity index is 2.58. The van der Waals surface area contributed by atoms with Crippen LogP contribution in [0, 0.1) is 12.8 Å². The Labute approximate surface area is 126 Å². The third kappa shape index (κ3) is 5.58. The second-order valence-electron chi connectivity index (χ2n) is 6.18. The van der Waals surface area contributed by atoms with E-state index in [2.05, 4.69) is 5.32 Å². The number of rotatable bonds is 7. The summed E-state index contributed by atoms with van der Waals surface area (Å²) in [5.41, 5.74) is 1.59. The Bertz CT molecular complexity index is 493. The highest BCUT2D eigenvalue weighted by molar-refractivity contribution is 5.78. The molecule has 0 aliphatic carbocycles. The van der Waals surface area contributed by atoms with E-state index in [0.29, 0.717) is 12.8 Å². The largest absolute Gasteiger partial charge is 0.481 e. The quantitative estimate of drug-likeness (QED) is 0.811. The van der Waals surface area contributed by atoms with E-state index in [0.717, 1.165) is 5.56 Å². The minimum atomic E-state index is -0.898. The van der Waals surface area contributed by atoms with Gasteiger partial charge in [0.15, 0.2) is 0 Å². The highest BCUT2D eigenvalue weighted by Gasteiger charge is 2.32. The van der Waals surface area contributed by atoms with Gasteiger partial charge in [0.25, 0.3) is 0 Å². The van der Waals surface area contributed by atoms with Crippen LogP contribution in [0.3, 0.4) is 0 Å². The van der Waals surface area contributed by atoms with Crippen LogP contribution in [0.15, 0.2) is 24.3 Å². The number of hydrogen-bond donors (Lipinski definition) is 2. The number of hydrogen-bond acceptors (Lipinski definition) is 2.